The standard InChI is InChI=1S/C18H29N5O3/c1-5-6-7-18(21-22-18)8-9-20-15(25)13-10-12(24)11-23(13)16(26)14(19)17(2,3)4/h1,12-14,24H,6-11,19H2,2-4H3,(H,20,25)/t12-,13+,14-/m1/s1. The third-order valence-corrected chi connectivity index (χ3v) is 4.94. The average molecular weight is 363 g/mol. The number of rotatable bonds is 7. The van der Waals surface area contributed by atoms with E-state index in [1.54, 1.807) is 0 Å². The second-order valence-electron chi connectivity index (χ2n) is 8.17. The van der Waals surface area contributed by atoms with Gasteiger partial charge in [-0.3, -0.25) is 9.59 Å². The Bertz CT molecular complexity index is 613. The van der Waals surface area contributed by atoms with E-state index >= 15 is 0 Å². The van der Waals surface area contributed by atoms with Crippen LogP contribution in [0.2, 0.25) is 0 Å². The Morgan fingerprint density at radius 2 is 2.08 bits per heavy atom. The topological polar surface area (TPSA) is 120 Å². The zero-order valence-electron chi connectivity index (χ0n) is 15.7. The molecule has 0 unspecified atom stereocenters. The summed E-state index contributed by atoms with van der Waals surface area (Å²) in [6.07, 6.45) is 6.58. The highest BCUT2D eigenvalue weighted by Gasteiger charge is 2.43. The number of terminal acetylenes is 1. The average Bonchev–Trinajstić information content (AvgIpc) is 3.23. The summed E-state index contributed by atoms with van der Waals surface area (Å²) in [7, 11) is 0. The predicted molar refractivity (Wildman–Crippen MR) is 96.8 cm³/mol. The SMILES string of the molecule is C#CCCC1(CCNC(=O)[C@@H]2C[C@@H](O)CN2C(=O)[C@@H](N)C(C)(C)C)N=N1. The van der Waals surface area contributed by atoms with Crippen molar-refractivity contribution < 1.29 is 14.7 Å². The van der Waals surface area contributed by atoms with E-state index in [2.05, 4.69) is 21.5 Å². The van der Waals surface area contributed by atoms with Crippen molar-refractivity contribution in [1.82, 2.24) is 10.2 Å². The maximum atomic E-state index is 12.7. The van der Waals surface area contributed by atoms with Crippen molar-refractivity contribution in [1.29, 1.82) is 0 Å². The van der Waals surface area contributed by atoms with E-state index in [-0.39, 0.29) is 24.8 Å². The molecule has 2 rings (SSSR count). The summed E-state index contributed by atoms with van der Waals surface area (Å²) in [6.45, 7) is 6.12. The summed E-state index contributed by atoms with van der Waals surface area (Å²) in [5.41, 5.74) is 5.16. The normalized spacial score (nSPS) is 24.8. The molecule has 0 saturated carbocycles. The van der Waals surface area contributed by atoms with Crippen molar-refractivity contribution in [2.75, 3.05) is 13.1 Å². The molecule has 0 aliphatic carbocycles. The summed E-state index contributed by atoms with van der Waals surface area (Å²) in [5, 5.41) is 20.8. The number of nitrogens with zero attached hydrogens (tertiary/aromatic N) is 3. The highest BCUT2D eigenvalue weighted by Crippen LogP contribution is 2.36. The monoisotopic (exact) mass is 363 g/mol. The molecule has 2 aliphatic heterocycles. The molecule has 8 heteroatoms. The molecule has 2 aliphatic rings. The molecule has 0 spiro atoms. The molecule has 1 fully saturated rings. The van der Waals surface area contributed by atoms with Crippen molar-refractivity contribution in [3.8, 4) is 12.3 Å². The first-order chi connectivity index (χ1) is 12.1. The van der Waals surface area contributed by atoms with Crippen molar-refractivity contribution >= 4 is 11.8 Å². The van der Waals surface area contributed by atoms with Crippen LogP contribution < -0.4 is 11.1 Å². The van der Waals surface area contributed by atoms with Gasteiger partial charge in [0, 0.05) is 38.8 Å². The van der Waals surface area contributed by atoms with E-state index in [1.807, 2.05) is 20.8 Å². The second-order valence-corrected chi connectivity index (χ2v) is 8.17. The smallest absolute Gasteiger partial charge is 0.242 e. The predicted octanol–water partition coefficient (Wildman–Crippen LogP) is 0.403. The maximum Gasteiger partial charge on any atom is 0.242 e. The third kappa shape index (κ3) is 4.80. The second kappa shape index (κ2) is 7.72. The van der Waals surface area contributed by atoms with Crippen molar-refractivity contribution in [2.24, 2.45) is 21.4 Å². The van der Waals surface area contributed by atoms with Gasteiger partial charge in [-0.1, -0.05) is 20.8 Å². The first-order valence-electron chi connectivity index (χ1n) is 8.99. The molecule has 144 valence electrons. The quantitative estimate of drug-likeness (QED) is 0.567. The highest BCUT2D eigenvalue weighted by molar-refractivity contribution is 5.90. The van der Waals surface area contributed by atoms with Crippen molar-refractivity contribution in [2.45, 2.75) is 70.3 Å². The Hall–Kier alpha value is -1.98. The van der Waals surface area contributed by atoms with Gasteiger partial charge in [-0.15, -0.1) is 12.3 Å². The van der Waals surface area contributed by atoms with Crippen LogP contribution in [0.3, 0.4) is 0 Å². The van der Waals surface area contributed by atoms with Crippen LogP contribution in [0.4, 0.5) is 0 Å². The lowest BCUT2D eigenvalue weighted by Gasteiger charge is -2.32. The lowest BCUT2D eigenvalue weighted by atomic mass is 9.86. The molecule has 0 radical (unpaired) electrons. The largest absolute Gasteiger partial charge is 0.391 e. The van der Waals surface area contributed by atoms with E-state index < -0.39 is 29.3 Å². The Kier molecular flexibility index (Phi) is 6.04. The van der Waals surface area contributed by atoms with Crippen LogP contribution in [-0.4, -0.2) is 58.8 Å². The zero-order valence-corrected chi connectivity index (χ0v) is 15.7. The van der Waals surface area contributed by atoms with Crippen LogP contribution in [0.15, 0.2) is 10.2 Å². The highest BCUT2D eigenvalue weighted by atomic mass is 16.3. The van der Waals surface area contributed by atoms with Crippen LogP contribution in [0.1, 0.15) is 46.5 Å². The number of nitrogens with one attached hydrogen (secondary N) is 1. The summed E-state index contributed by atoms with van der Waals surface area (Å²) in [5.74, 6) is 1.96. The number of aliphatic hydroxyl groups excluding tert-OH is 1. The number of β-amino-alcohol motifs (C(OH)–C–C–N with tert-alkyl or cyclic N) is 1. The molecule has 1 saturated heterocycles. The van der Waals surface area contributed by atoms with E-state index in [0.29, 0.717) is 25.8 Å². The molecule has 0 bridgehead atoms. The molecular weight excluding hydrogens is 334 g/mol. The molecule has 3 atom stereocenters. The first-order valence-corrected chi connectivity index (χ1v) is 8.99. The molecule has 0 aromatic carbocycles. The Labute approximate surface area is 154 Å². The molecule has 2 amide bonds. The Morgan fingerprint density at radius 1 is 1.42 bits per heavy atom. The molecular formula is C18H29N5O3. The van der Waals surface area contributed by atoms with Gasteiger partial charge in [0.15, 0.2) is 5.66 Å². The molecule has 0 aromatic rings. The lowest BCUT2D eigenvalue weighted by molar-refractivity contribution is -0.141. The minimum Gasteiger partial charge on any atom is -0.391 e. The molecule has 26 heavy (non-hydrogen) atoms. The number of aliphatic hydroxyl groups is 1. The van der Waals surface area contributed by atoms with Crippen LogP contribution >= 0.6 is 0 Å². The maximum absolute atomic E-state index is 12.7. The van der Waals surface area contributed by atoms with E-state index in [1.165, 1.54) is 4.90 Å². The third-order valence-electron chi connectivity index (χ3n) is 4.94. The lowest BCUT2D eigenvalue weighted by Crippen LogP contribution is -2.55. The minimum absolute atomic E-state index is 0.122. The zero-order chi connectivity index (χ0) is 19.5. The van der Waals surface area contributed by atoms with Crippen molar-refractivity contribution in [3.05, 3.63) is 0 Å². The number of amides is 2. The number of hydrogen-bond donors (Lipinski definition) is 3. The van der Waals surface area contributed by atoms with E-state index in [9.17, 15) is 14.7 Å². The Balaban J connectivity index is 1.90. The summed E-state index contributed by atoms with van der Waals surface area (Å²) in [6, 6.07) is -1.44. The number of carbonyl (C=O) groups is 2. The van der Waals surface area contributed by atoms with Gasteiger partial charge >= 0.3 is 0 Å². The molecule has 2 heterocycles. The molecule has 4 N–H and O–H groups in total. The van der Waals surface area contributed by atoms with Crippen LogP contribution in [0.25, 0.3) is 0 Å². The molecule has 8 nitrogen and oxygen atoms in total. The van der Waals surface area contributed by atoms with Gasteiger partial charge in [0.25, 0.3) is 0 Å². The van der Waals surface area contributed by atoms with Gasteiger partial charge in [-0.25, -0.2) is 0 Å². The number of likely N-dealkylation sites (tertiary alicyclic amines) is 1. The van der Waals surface area contributed by atoms with Crippen LogP contribution in [-0.2, 0) is 9.59 Å². The van der Waals surface area contributed by atoms with E-state index in [4.69, 9.17) is 12.2 Å². The van der Waals surface area contributed by atoms with Gasteiger partial charge in [-0.2, -0.15) is 10.2 Å². The van der Waals surface area contributed by atoms with Crippen LogP contribution in [0.5, 0.6) is 0 Å². The van der Waals surface area contributed by atoms with E-state index in [0.717, 1.165) is 0 Å². The number of hydrogen-bond acceptors (Lipinski definition) is 6. The van der Waals surface area contributed by atoms with Crippen LogP contribution in [0, 0.1) is 17.8 Å². The van der Waals surface area contributed by atoms with Gasteiger partial charge in [0.05, 0.1) is 12.1 Å². The fourth-order valence-electron chi connectivity index (χ4n) is 3.03. The minimum atomic E-state index is -0.737. The van der Waals surface area contributed by atoms with Gasteiger partial charge in [0.2, 0.25) is 11.8 Å². The van der Waals surface area contributed by atoms with Gasteiger partial charge < -0.3 is 21.1 Å². The first kappa shape index (κ1) is 20.3. The molecule has 0 aromatic heterocycles. The number of carbonyl (C=O) groups excluding carboxylic acids is 2. The van der Waals surface area contributed by atoms with Gasteiger partial charge in [-0.05, 0) is 5.41 Å². The fraction of sp³-hybridized carbons (Fsp3) is 0.778. The number of nitrogens with two attached hydrogens (primary N) is 1. The summed E-state index contributed by atoms with van der Waals surface area (Å²) >= 11 is 0. The van der Waals surface area contributed by atoms with Gasteiger partial charge in [0.1, 0.15) is 6.04 Å². The summed E-state index contributed by atoms with van der Waals surface area (Å²) in [4.78, 5) is 26.6. The fourth-order valence-corrected chi connectivity index (χ4v) is 3.03. The summed E-state index contributed by atoms with van der Waals surface area (Å²) < 4.78 is 0. The van der Waals surface area contributed by atoms with Crippen molar-refractivity contribution in [3.63, 3.8) is 0 Å². The Morgan fingerprint density at radius 3 is 2.62 bits per heavy atom.